The maximum atomic E-state index is 12.7. The Kier molecular flexibility index (Phi) is 7.69. The Morgan fingerprint density at radius 2 is 1.27 bits per heavy atom. The molecule has 172 valence electrons. The van der Waals surface area contributed by atoms with Gasteiger partial charge < -0.3 is 19.9 Å². The maximum Gasteiger partial charge on any atom is 0.322 e. The van der Waals surface area contributed by atoms with Crippen LogP contribution in [0.3, 0.4) is 0 Å². The molecule has 3 aromatic carbocycles. The molecule has 0 spiro atoms. The molecule has 1 atom stereocenters. The van der Waals surface area contributed by atoms with E-state index in [4.69, 9.17) is 14.6 Å². The van der Waals surface area contributed by atoms with Crippen LogP contribution in [0.5, 0.6) is 11.5 Å². The highest BCUT2D eigenvalue weighted by molar-refractivity contribution is 5.85. The van der Waals surface area contributed by atoms with Gasteiger partial charge in [-0.2, -0.15) is 0 Å². The summed E-state index contributed by atoms with van der Waals surface area (Å²) in [5, 5.41) is 14.9. The molecular weight excluding hydrogens is 420 g/mol. The first-order chi connectivity index (χ1) is 15.9. The number of hydrogen-bond acceptors (Lipinski definition) is 5. The van der Waals surface area contributed by atoms with Crippen molar-refractivity contribution in [2.24, 2.45) is 0 Å². The Hall–Kier alpha value is -3.84. The lowest BCUT2D eigenvalue weighted by atomic mass is 9.76. The number of carbonyl (C=O) groups is 2. The summed E-state index contributed by atoms with van der Waals surface area (Å²) in [7, 11) is 3.21. The fourth-order valence-corrected chi connectivity index (χ4v) is 3.83. The number of hydrogen-bond donors (Lipinski definition) is 3. The molecule has 0 aliphatic heterocycles. The number of rotatable bonds is 10. The minimum Gasteiger partial charge on any atom is -0.497 e. The van der Waals surface area contributed by atoms with Crippen molar-refractivity contribution in [1.82, 2.24) is 10.6 Å². The molecule has 7 nitrogen and oxygen atoms in total. The summed E-state index contributed by atoms with van der Waals surface area (Å²) in [5.41, 5.74) is 1.77. The summed E-state index contributed by atoms with van der Waals surface area (Å²) in [6, 6.07) is 24.3. The van der Waals surface area contributed by atoms with Crippen LogP contribution in [0, 0.1) is 0 Å². The Bertz CT molecular complexity index is 1020. The second kappa shape index (κ2) is 10.7. The van der Waals surface area contributed by atoms with Crippen LogP contribution in [0.2, 0.25) is 0 Å². The van der Waals surface area contributed by atoms with Crippen LogP contribution in [0.1, 0.15) is 23.6 Å². The highest BCUT2D eigenvalue weighted by Crippen LogP contribution is 2.38. The average Bonchev–Trinajstić information content (AvgIpc) is 2.86. The topological polar surface area (TPSA) is 96.9 Å². The molecule has 0 aromatic heterocycles. The van der Waals surface area contributed by atoms with E-state index in [1.54, 1.807) is 21.1 Å². The number of methoxy groups -OCH3 is 2. The van der Waals surface area contributed by atoms with Crippen LogP contribution in [0.25, 0.3) is 0 Å². The largest absolute Gasteiger partial charge is 0.497 e. The molecule has 0 aliphatic carbocycles. The molecule has 3 N–H and O–H groups in total. The van der Waals surface area contributed by atoms with E-state index >= 15 is 0 Å². The third-order valence-corrected chi connectivity index (χ3v) is 5.49. The van der Waals surface area contributed by atoms with E-state index in [2.05, 4.69) is 10.6 Å². The van der Waals surface area contributed by atoms with Gasteiger partial charge in [0, 0.05) is 0 Å². The number of carboxylic acids is 1. The van der Waals surface area contributed by atoms with Crippen molar-refractivity contribution in [3.8, 4) is 11.5 Å². The van der Waals surface area contributed by atoms with Crippen LogP contribution in [0.4, 0.5) is 0 Å². The Labute approximate surface area is 193 Å². The maximum absolute atomic E-state index is 12.7. The van der Waals surface area contributed by atoms with Gasteiger partial charge in [-0.25, -0.2) is 0 Å². The summed E-state index contributed by atoms with van der Waals surface area (Å²) in [6.45, 7) is 1.26. The molecule has 0 radical (unpaired) electrons. The van der Waals surface area contributed by atoms with Gasteiger partial charge in [0.05, 0.1) is 25.8 Å². The summed E-state index contributed by atoms with van der Waals surface area (Å²) < 4.78 is 10.7. The molecule has 0 fully saturated rings. The van der Waals surface area contributed by atoms with Crippen molar-refractivity contribution < 1.29 is 24.2 Å². The Morgan fingerprint density at radius 1 is 0.818 bits per heavy atom. The zero-order valence-corrected chi connectivity index (χ0v) is 18.9. The smallest absolute Gasteiger partial charge is 0.322 e. The van der Waals surface area contributed by atoms with Gasteiger partial charge in [-0.1, -0.05) is 54.6 Å². The van der Waals surface area contributed by atoms with Crippen LogP contribution >= 0.6 is 0 Å². The fourth-order valence-electron chi connectivity index (χ4n) is 3.83. The van der Waals surface area contributed by atoms with E-state index in [1.165, 1.54) is 0 Å². The molecule has 0 aliphatic rings. The monoisotopic (exact) mass is 448 g/mol. The van der Waals surface area contributed by atoms with Crippen LogP contribution in [0.15, 0.2) is 78.9 Å². The average molecular weight is 449 g/mol. The molecule has 3 aromatic rings. The molecule has 0 heterocycles. The van der Waals surface area contributed by atoms with Gasteiger partial charge in [-0.05, 0) is 47.9 Å². The molecule has 1 amide bonds. The molecular formula is C26H28N2O5. The lowest BCUT2D eigenvalue weighted by Gasteiger charge is -2.39. The van der Waals surface area contributed by atoms with E-state index < -0.39 is 30.0 Å². The summed E-state index contributed by atoms with van der Waals surface area (Å²) in [4.78, 5) is 23.7. The van der Waals surface area contributed by atoms with E-state index in [9.17, 15) is 9.59 Å². The van der Waals surface area contributed by atoms with Crippen LogP contribution in [-0.2, 0) is 15.1 Å². The minimum atomic E-state index is -1.10. The first-order valence-electron chi connectivity index (χ1n) is 10.5. The second-order valence-corrected chi connectivity index (χ2v) is 7.55. The summed E-state index contributed by atoms with van der Waals surface area (Å²) in [5.74, 6) is -0.0969. The van der Waals surface area contributed by atoms with Gasteiger partial charge >= 0.3 is 5.97 Å². The zero-order chi connectivity index (χ0) is 23.8. The Balaban J connectivity index is 2.18. The van der Waals surface area contributed by atoms with Gasteiger partial charge in [0.2, 0.25) is 5.91 Å². The molecule has 0 saturated heterocycles. The van der Waals surface area contributed by atoms with Crippen molar-refractivity contribution >= 4 is 11.9 Å². The van der Waals surface area contributed by atoms with Crippen LogP contribution in [-0.4, -0.2) is 43.8 Å². The third kappa shape index (κ3) is 5.32. The molecule has 0 saturated carbocycles. The number of aliphatic carboxylic acids is 1. The molecule has 0 unspecified atom stereocenters. The number of ether oxygens (including phenoxy) is 2. The van der Waals surface area contributed by atoms with E-state index in [0.29, 0.717) is 11.5 Å². The number of carbonyl (C=O) groups excluding carboxylic acids is 1. The minimum absolute atomic E-state index is 0.417. The fraction of sp³-hybridized carbons (Fsp3) is 0.231. The van der Waals surface area contributed by atoms with Gasteiger partial charge in [0.15, 0.2) is 0 Å². The summed E-state index contributed by atoms with van der Waals surface area (Å²) in [6.07, 6.45) is 0. The van der Waals surface area contributed by atoms with Crippen molar-refractivity contribution in [2.45, 2.75) is 18.5 Å². The number of carboxylic acid groups (broad SMARTS) is 1. The first-order valence-corrected chi connectivity index (χ1v) is 10.5. The quantitative estimate of drug-likeness (QED) is 0.412. The second-order valence-electron chi connectivity index (χ2n) is 7.55. The normalized spacial score (nSPS) is 12.0. The summed E-state index contributed by atoms with van der Waals surface area (Å²) >= 11 is 0. The first kappa shape index (κ1) is 23.8. The van der Waals surface area contributed by atoms with Crippen molar-refractivity contribution in [3.05, 3.63) is 95.6 Å². The highest BCUT2D eigenvalue weighted by Gasteiger charge is 2.38. The molecule has 0 bridgehead atoms. The van der Waals surface area contributed by atoms with Crippen molar-refractivity contribution in [3.63, 3.8) is 0 Å². The van der Waals surface area contributed by atoms with Crippen molar-refractivity contribution in [1.29, 1.82) is 0 Å². The van der Waals surface area contributed by atoms with E-state index in [1.807, 2.05) is 78.9 Å². The van der Waals surface area contributed by atoms with Gasteiger partial charge in [-0.15, -0.1) is 0 Å². The number of nitrogens with one attached hydrogen (secondary N) is 2. The van der Waals surface area contributed by atoms with Crippen LogP contribution < -0.4 is 20.1 Å². The zero-order valence-electron chi connectivity index (χ0n) is 18.9. The predicted octanol–water partition coefficient (Wildman–Crippen LogP) is 3.17. The van der Waals surface area contributed by atoms with Gasteiger partial charge in [-0.3, -0.25) is 14.9 Å². The lowest BCUT2D eigenvalue weighted by molar-refractivity contribution is -0.138. The Morgan fingerprint density at radius 3 is 1.70 bits per heavy atom. The van der Waals surface area contributed by atoms with Gasteiger partial charge in [0.25, 0.3) is 0 Å². The van der Waals surface area contributed by atoms with E-state index in [0.717, 1.165) is 16.7 Å². The highest BCUT2D eigenvalue weighted by atomic mass is 16.5. The van der Waals surface area contributed by atoms with Gasteiger partial charge in [0.1, 0.15) is 18.0 Å². The third-order valence-electron chi connectivity index (χ3n) is 5.49. The number of benzene rings is 3. The standard InChI is InChI=1S/C26H28N2O5/c1-18(25(31)27-17-24(29)30)28-26(19-7-5-4-6-8-19,20-9-13-22(32-2)14-10-20)21-11-15-23(33-3)16-12-21/h4-16,18,28H,17H2,1-3H3,(H,27,31)(H,29,30)/t18-/m1/s1. The van der Waals surface area contributed by atoms with Crippen molar-refractivity contribution in [2.75, 3.05) is 20.8 Å². The lowest BCUT2D eigenvalue weighted by Crippen LogP contribution is -2.54. The molecule has 33 heavy (non-hydrogen) atoms. The predicted molar refractivity (Wildman–Crippen MR) is 126 cm³/mol. The molecule has 7 heteroatoms. The molecule has 3 rings (SSSR count). The SMILES string of the molecule is COc1ccc(C(N[C@H](C)C(=O)NCC(=O)O)(c2ccccc2)c2ccc(OC)cc2)cc1. The van der Waals surface area contributed by atoms with E-state index in [-0.39, 0.29) is 0 Å². The number of amides is 1.